The Balaban J connectivity index is 1.83. The van der Waals surface area contributed by atoms with Crippen molar-refractivity contribution in [1.82, 2.24) is 14.9 Å². The minimum absolute atomic E-state index is 0.0955. The molecule has 0 fully saturated rings. The number of aryl methyl sites for hydroxylation is 1. The molecule has 2 N–H and O–H groups in total. The summed E-state index contributed by atoms with van der Waals surface area (Å²) >= 11 is 0. The second-order valence-electron chi connectivity index (χ2n) is 6.27. The summed E-state index contributed by atoms with van der Waals surface area (Å²) in [5, 5.41) is 11.8. The number of anilines is 1. The van der Waals surface area contributed by atoms with E-state index in [-0.39, 0.29) is 10.9 Å². The standard InChI is InChI=1S/C20H22N4O2S/c1-14-9-10-17(13-19(14)27(25,26)21-3)18-11-12-20(24-23-18)22-15(2)16-7-5-4-6-8-16/h4-13,15,21H,1-3H3,(H,22,24)/t15-/m0/s1. The van der Waals surface area contributed by atoms with Crippen LogP contribution in [0.3, 0.4) is 0 Å². The fourth-order valence-corrected chi connectivity index (χ4v) is 3.76. The fourth-order valence-electron chi connectivity index (χ4n) is 2.77. The maximum absolute atomic E-state index is 12.2. The number of nitrogens with one attached hydrogen (secondary N) is 2. The molecular formula is C20H22N4O2S. The summed E-state index contributed by atoms with van der Waals surface area (Å²) in [6, 6.07) is 19.1. The molecule has 27 heavy (non-hydrogen) atoms. The molecule has 6 nitrogen and oxygen atoms in total. The summed E-state index contributed by atoms with van der Waals surface area (Å²) in [6.07, 6.45) is 0. The minimum Gasteiger partial charge on any atom is -0.362 e. The predicted octanol–water partition coefficient (Wildman–Crippen LogP) is 3.53. The normalized spacial score (nSPS) is 12.6. The number of rotatable bonds is 6. The van der Waals surface area contributed by atoms with Gasteiger partial charge in [0, 0.05) is 11.6 Å². The summed E-state index contributed by atoms with van der Waals surface area (Å²) in [7, 11) is -2.13. The van der Waals surface area contributed by atoms with E-state index in [0.717, 1.165) is 5.56 Å². The molecule has 0 saturated heterocycles. The van der Waals surface area contributed by atoms with Crippen LogP contribution in [0.4, 0.5) is 5.82 Å². The second kappa shape index (κ2) is 7.85. The third-order valence-electron chi connectivity index (χ3n) is 4.37. The van der Waals surface area contributed by atoms with Crippen molar-refractivity contribution in [3.63, 3.8) is 0 Å². The van der Waals surface area contributed by atoms with E-state index >= 15 is 0 Å². The zero-order valence-corrected chi connectivity index (χ0v) is 16.3. The maximum Gasteiger partial charge on any atom is 0.240 e. The van der Waals surface area contributed by atoms with Gasteiger partial charge in [0.25, 0.3) is 0 Å². The Bertz CT molecular complexity index is 1020. The molecule has 0 aliphatic rings. The average molecular weight is 382 g/mol. The van der Waals surface area contributed by atoms with Gasteiger partial charge >= 0.3 is 0 Å². The summed E-state index contributed by atoms with van der Waals surface area (Å²) in [5.74, 6) is 0.658. The van der Waals surface area contributed by atoms with Crippen molar-refractivity contribution in [3.05, 3.63) is 71.8 Å². The van der Waals surface area contributed by atoms with Gasteiger partial charge in [0.2, 0.25) is 10.0 Å². The largest absolute Gasteiger partial charge is 0.362 e. The number of hydrogen-bond donors (Lipinski definition) is 2. The predicted molar refractivity (Wildman–Crippen MR) is 107 cm³/mol. The van der Waals surface area contributed by atoms with Crippen molar-refractivity contribution in [1.29, 1.82) is 0 Å². The second-order valence-corrected chi connectivity index (χ2v) is 8.12. The molecule has 0 bridgehead atoms. The Hall–Kier alpha value is -2.77. The topological polar surface area (TPSA) is 84.0 Å². The van der Waals surface area contributed by atoms with E-state index < -0.39 is 10.0 Å². The lowest BCUT2D eigenvalue weighted by Gasteiger charge is -2.14. The molecule has 0 radical (unpaired) electrons. The van der Waals surface area contributed by atoms with Crippen LogP contribution < -0.4 is 10.0 Å². The van der Waals surface area contributed by atoms with E-state index in [0.29, 0.717) is 22.6 Å². The van der Waals surface area contributed by atoms with E-state index in [4.69, 9.17) is 0 Å². The van der Waals surface area contributed by atoms with Gasteiger partial charge in [-0.2, -0.15) is 0 Å². The SMILES string of the molecule is CNS(=O)(=O)c1cc(-c2ccc(N[C@@H](C)c3ccccc3)nn2)ccc1C. The molecule has 2 aromatic carbocycles. The highest BCUT2D eigenvalue weighted by Crippen LogP contribution is 2.24. The molecule has 3 aromatic rings. The van der Waals surface area contributed by atoms with Crippen LogP contribution in [0.1, 0.15) is 24.1 Å². The van der Waals surface area contributed by atoms with Gasteiger partial charge in [0.1, 0.15) is 5.82 Å². The molecule has 0 amide bonds. The molecule has 0 saturated carbocycles. The zero-order chi connectivity index (χ0) is 19.4. The third-order valence-corrected chi connectivity index (χ3v) is 5.93. The first-order valence-corrected chi connectivity index (χ1v) is 10.1. The van der Waals surface area contributed by atoms with Crippen molar-refractivity contribution in [2.24, 2.45) is 0 Å². The van der Waals surface area contributed by atoms with E-state index in [1.165, 1.54) is 7.05 Å². The molecule has 140 valence electrons. The third kappa shape index (κ3) is 4.32. The summed E-state index contributed by atoms with van der Waals surface area (Å²) in [6.45, 7) is 3.82. The van der Waals surface area contributed by atoms with Gasteiger partial charge in [-0.15, -0.1) is 10.2 Å². The molecule has 1 heterocycles. The van der Waals surface area contributed by atoms with Crippen LogP contribution in [-0.2, 0) is 10.0 Å². The van der Waals surface area contributed by atoms with Gasteiger partial charge < -0.3 is 5.32 Å². The van der Waals surface area contributed by atoms with Crippen LogP contribution >= 0.6 is 0 Å². The van der Waals surface area contributed by atoms with Gasteiger partial charge in [0.15, 0.2) is 0 Å². The number of aromatic nitrogens is 2. The lowest BCUT2D eigenvalue weighted by atomic mass is 10.1. The van der Waals surface area contributed by atoms with E-state index in [2.05, 4.69) is 39.3 Å². The van der Waals surface area contributed by atoms with Gasteiger partial charge in [-0.25, -0.2) is 13.1 Å². The number of benzene rings is 2. The van der Waals surface area contributed by atoms with Crippen molar-refractivity contribution in [2.75, 3.05) is 12.4 Å². The van der Waals surface area contributed by atoms with Crippen LogP contribution in [0, 0.1) is 6.92 Å². The van der Waals surface area contributed by atoms with Crippen molar-refractivity contribution in [2.45, 2.75) is 24.8 Å². The molecule has 1 aromatic heterocycles. The van der Waals surface area contributed by atoms with E-state index in [9.17, 15) is 8.42 Å². The van der Waals surface area contributed by atoms with Crippen molar-refractivity contribution in [3.8, 4) is 11.3 Å². The highest BCUT2D eigenvalue weighted by molar-refractivity contribution is 7.89. The minimum atomic E-state index is -3.52. The number of sulfonamides is 1. The molecule has 0 aliphatic carbocycles. The van der Waals surface area contributed by atoms with Gasteiger partial charge in [-0.3, -0.25) is 0 Å². The highest BCUT2D eigenvalue weighted by Gasteiger charge is 2.16. The quantitative estimate of drug-likeness (QED) is 0.681. The average Bonchev–Trinajstić information content (AvgIpc) is 2.69. The van der Waals surface area contributed by atoms with Crippen molar-refractivity contribution < 1.29 is 8.42 Å². The Kier molecular flexibility index (Phi) is 5.53. The molecular weight excluding hydrogens is 360 g/mol. The van der Waals surface area contributed by atoms with Crippen LogP contribution in [0.5, 0.6) is 0 Å². The summed E-state index contributed by atoms with van der Waals surface area (Å²) < 4.78 is 26.7. The van der Waals surface area contributed by atoms with Gasteiger partial charge in [-0.05, 0) is 50.2 Å². The lowest BCUT2D eigenvalue weighted by Crippen LogP contribution is -2.19. The summed E-state index contributed by atoms with van der Waals surface area (Å²) in [5.41, 5.74) is 3.14. The fraction of sp³-hybridized carbons (Fsp3) is 0.200. The molecule has 0 aliphatic heterocycles. The first kappa shape index (κ1) is 19.0. The number of nitrogens with zero attached hydrogens (tertiary/aromatic N) is 2. The first-order chi connectivity index (χ1) is 12.9. The van der Waals surface area contributed by atoms with Crippen LogP contribution in [-0.4, -0.2) is 25.7 Å². The van der Waals surface area contributed by atoms with Crippen molar-refractivity contribution >= 4 is 15.8 Å². The smallest absolute Gasteiger partial charge is 0.240 e. The Morgan fingerprint density at radius 3 is 2.33 bits per heavy atom. The Morgan fingerprint density at radius 2 is 1.70 bits per heavy atom. The monoisotopic (exact) mass is 382 g/mol. The Morgan fingerprint density at radius 1 is 0.963 bits per heavy atom. The molecule has 0 unspecified atom stereocenters. The molecule has 7 heteroatoms. The Labute approximate surface area is 159 Å². The van der Waals surface area contributed by atoms with Gasteiger partial charge in [-0.1, -0.05) is 42.5 Å². The van der Waals surface area contributed by atoms with Gasteiger partial charge in [0.05, 0.1) is 10.6 Å². The first-order valence-electron chi connectivity index (χ1n) is 8.60. The zero-order valence-electron chi connectivity index (χ0n) is 15.5. The van der Waals surface area contributed by atoms with Crippen LogP contribution in [0.15, 0.2) is 65.6 Å². The summed E-state index contributed by atoms with van der Waals surface area (Å²) in [4.78, 5) is 0.240. The molecule has 0 spiro atoms. The molecule has 3 rings (SSSR count). The van der Waals surface area contributed by atoms with Crippen LogP contribution in [0.2, 0.25) is 0 Å². The highest BCUT2D eigenvalue weighted by atomic mass is 32.2. The molecule has 1 atom stereocenters. The van der Waals surface area contributed by atoms with Crippen LogP contribution in [0.25, 0.3) is 11.3 Å². The van der Waals surface area contributed by atoms with E-state index in [1.807, 2.05) is 36.4 Å². The number of hydrogen-bond acceptors (Lipinski definition) is 5. The lowest BCUT2D eigenvalue weighted by molar-refractivity contribution is 0.587. The maximum atomic E-state index is 12.2. The van der Waals surface area contributed by atoms with E-state index in [1.54, 1.807) is 19.1 Å².